The third-order valence-electron chi connectivity index (χ3n) is 3.69. The lowest BCUT2D eigenvalue weighted by atomic mass is 9.98. The third kappa shape index (κ3) is 1.99. The quantitative estimate of drug-likeness (QED) is 0.687. The molecule has 0 unspecified atom stereocenters. The van der Waals surface area contributed by atoms with Gasteiger partial charge in [-0.05, 0) is 31.9 Å². The van der Waals surface area contributed by atoms with Crippen LogP contribution in [0.5, 0.6) is 0 Å². The average Bonchev–Trinajstić information content (AvgIpc) is 2.72. The molecule has 1 heterocycles. The number of carboxylic acid groups (broad SMARTS) is 1. The zero-order chi connectivity index (χ0) is 14.2. The number of carboxylic acids is 1. The zero-order valence-electron chi connectivity index (χ0n) is 10.7. The summed E-state index contributed by atoms with van der Waals surface area (Å²) in [5.74, 6) is -1.43. The monoisotopic (exact) mass is 263 g/mol. The first-order valence-electron chi connectivity index (χ1n) is 6.07. The van der Waals surface area contributed by atoms with Crippen LogP contribution in [0.25, 0.3) is 0 Å². The molecule has 6 nitrogen and oxygen atoms in total. The highest BCUT2D eigenvalue weighted by Crippen LogP contribution is 2.33. The topological polar surface area (TPSA) is 110 Å². The van der Waals surface area contributed by atoms with Gasteiger partial charge in [0.1, 0.15) is 5.54 Å². The summed E-state index contributed by atoms with van der Waals surface area (Å²) in [6, 6.07) is 4.82. The second-order valence-electron chi connectivity index (χ2n) is 4.95. The van der Waals surface area contributed by atoms with Crippen LogP contribution in [0.15, 0.2) is 18.2 Å². The van der Waals surface area contributed by atoms with Crippen molar-refractivity contribution in [1.82, 2.24) is 4.90 Å². The molecule has 5 N–H and O–H groups in total. The first kappa shape index (κ1) is 13.2. The molecule has 1 fully saturated rings. The Morgan fingerprint density at radius 3 is 2.42 bits per heavy atom. The Morgan fingerprint density at radius 1 is 1.32 bits per heavy atom. The number of hydrogen-bond acceptors (Lipinski definition) is 4. The molecule has 1 aromatic rings. The standard InChI is InChI=1S/C13H17N3O3/c1-13(12(18)19)6-3-7-16(13)11(17)10-8(14)4-2-5-9(10)15/h2,4-5H,3,6-7,14-15H2,1H3,(H,18,19)/t13-/m1/s1. The predicted molar refractivity (Wildman–Crippen MR) is 71.6 cm³/mol. The van der Waals surface area contributed by atoms with Crippen LogP contribution in [-0.4, -0.2) is 34.0 Å². The predicted octanol–water partition coefficient (Wildman–Crippen LogP) is 0.930. The van der Waals surface area contributed by atoms with E-state index < -0.39 is 17.4 Å². The second kappa shape index (κ2) is 4.46. The fourth-order valence-electron chi connectivity index (χ4n) is 2.48. The summed E-state index contributed by atoms with van der Waals surface area (Å²) in [5, 5.41) is 9.32. The summed E-state index contributed by atoms with van der Waals surface area (Å²) in [7, 11) is 0. The van der Waals surface area contributed by atoms with Crippen LogP contribution >= 0.6 is 0 Å². The Morgan fingerprint density at radius 2 is 1.89 bits per heavy atom. The van der Waals surface area contributed by atoms with Crippen molar-refractivity contribution in [1.29, 1.82) is 0 Å². The molecule has 102 valence electrons. The third-order valence-corrected chi connectivity index (χ3v) is 3.69. The lowest BCUT2D eigenvalue weighted by molar-refractivity contribution is -0.147. The van der Waals surface area contributed by atoms with Gasteiger partial charge in [-0.2, -0.15) is 0 Å². The number of carbonyl (C=O) groups excluding carboxylic acids is 1. The van der Waals surface area contributed by atoms with Gasteiger partial charge in [-0.1, -0.05) is 6.07 Å². The second-order valence-corrected chi connectivity index (χ2v) is 4.95. The molecule has 0 spiro atoms. The van der Waals surface area contributed by atoms with Gasteiger partial charge in [0, 0.05) is 17.9 Å². The molecule has 0 radical (unpaired) electrons. The molecule has 0 saturated carbocycles. The molecular formula is C13H17N3O3. The highest BCUT2D eigenvalue weighted by Gasteiger charge is 2.46. The van der Waals surface area contributed by atoms with Gasteiger partial charge in [-0.3, -0.25) is 4.79 Å². The van der Waals surface area contributed by atoms with E-state index in [0.29, 0.717) is 19.4 Å². The highest BCUT2D eigenvalue weighted by molar-refractivity contribution is 6.06. The lowest BCUT2D eigenvalue weighted by Gasteiger charge is -2.31. The molecule has 2 rings (SSSR count). The maximum absolute atomic E-state index is 12.5. The molecule has 1 aromatic carbocycles. The minimum absolute atomic E-state index is 0.192. The Bertz CT molecular complexity index is 524. The Balaban J connectivity index is 2.42. The van der Waals surface area contributed by atoms with Gasteiger partial charge in [-0.15, -0.1) is 0 Å². The number of carbonyl (C=O) groups is 2. The highest BCUT2D eigenvalue weighted by atomic mass is 16.4. The number of aliphatic carboxylic acids is 1. The minimum Gasteiger partial charge on any atom is -0.480 e. The summed E-state index contributed by atoms with van der Waals surface area (Å²) in [5.41, 5.74) is 11.1. The van der Waals surface area contributed by atoms with Crippen LogP contribution in [-0.2, 0) is 4.79 Å². The lowest BCUT2D eigenvalue weighted by Crippen LogP contribution is -2.51. The Hall–Kier alpha value is -2.24. The van der Waals surface area contributed by atoms with E-state index in [9.17, 15) is 14.7 Å². The van der Waals surface area contributed by atoms with Crippen LogP contribution in [0, 0.1) is 0 Å². The minimum atomic E-state index is -1.19. The average molecular weight is 263 g/mol. The van der Waals surface area contributed by atoms with E-state index in [4.69, 9.17) is 11.5 Å². The van der Waals surface area contributed by atoms with Gasteiger partial charge in [-0.25, -0.2) is 4.79 Å². The molecule has 1 aliphatic rings. The van der Waals surface area contributed by atoms with Crippen LogP contribution < -0.4 is 11.5 Å². The van der Waals surface area contributed by atoms with Crippen LogP contribution in [0.2, 0.25) is 0 Å². The van der Waals surface area contributed by atoms with E-state index in [1.165, 1.54) is 4.90 Å². The van der Waals surface area contributed by atoms with Gasteiger partial charge in [0.2, 0.25) is 0 Å². The van der Waals surface area contributed by atoms with E-state index in [2.05, 4.69) is 0 Å². The maximum atomic E-state index is 12.5. The van der Waals surface area contributed by atoms with E-state index in [1.54, 1.807) is 25.1 Å². The number of amides is 1. The smallest absolute Gasteiger partial charge is 0.329 e. The SMILES string of the molecule is C[C@]1(C(=O)O)CCCN1C(=O)c1c(N)cccc1N. The van der Waals surface area contributed by atoms with Crippen molar-refractivity contribution in [2.75, 3.05) is 18.0 Å². The molecule has 6 heteroatoms. The molecule has 1 atom stereocenters. The maximum Gasteiger partial charge on any atom is 0.329 e. The number of benzene rings is 1. The van der Waals surface area contributed by atoms with Gasteiger partial charge < -0.3 is 21.5 Å². The van der Waals surface area contributed by atoms with E-state index in [0.717, 1.165) is 0 Å². The van der Waals surface area contributed by atoms with Crippen LogP contribution in [0.3, 0.4) is 0 Å². The number of hydrogen-bond donors (Lipinski definition) is 3. The summed E-state index contributed by atoms with van der Waals surface area (Å²) in [4.78, 5) is 25.2. The van der Waals surface area contributed by atoms with E-state index in [-0.39, 0.29) is 16.9 Å². The van der Waals surface area contributed by atoms with Crippen molar-refractivity contribution in [3.8, 4) is 0 Å². The molecule has 0 aliphatic carbocycles. The summed E-state index contributed by atoms with van der Waals surface area (Å²) in [6.07, 6.45) is 1.09. The van der Waals surface area contributed by atoms with Gasteiger partial charge in [0.05, 0.1) is 5.56 Å². The van der Waals surface area contributed by atoms with Crippen molar-refractivity contribution < 1.29 is 14.7 Å². The molecular weight excluding hydrogens is 246 g/mol. The summed E-state index contributed by atoms with van der Waals surface area (Å²) in [6.45, 7) is 1.95. The van der Waals surface area contributed by atoms with Crippen LogP contribution in [0.4, 0.5) is 11.4 Å². The van der Waals surface area contributed by atoms with E-state index in [1.807, 2.05) is 0 Å². The molecule has 1 amide bonds. The Labute approximate surface area is 111 Å². The fraction of sp³-hybridized carbons (Fsp3) is 0.385. The number of likely N-dealkylation sites (tertiary alicyclic amines) is 1. The van der Waals surface area contributed by atoms with Gasteiger partial charge in [0.15, 0.2) is 0 Å². The number of nitrogens with zero attached hydrogens (tertiary/aromatic N) is 1. The van der Waals surface area contributed by atoms with E-state index >= 15 is 0 Å². The molecule has 19 heavy (non-hydrogen) atoms. The van der Waals surface area contributed by atoms with Crippen molar-refractivity contribution in [3.63, 3.8) is 0 Å². The molecule has 0 aromatic heterocycles. The van der Waals surface area contributed by atoms with Gasteiger partial charge >= 0.3 is 5.97 Å². The summed E-state index contributed by atoms with van der Waals surface area (Å²) < 4.78 is 0. The molecule has 1 aliphatic heterocycles. The molecule has 0 bridgehead atoms. The van der Waals surface area contributed by atoms with Crippen molar-refractivity contribution in [2.45, 2.75) is 25.3 Å². The van der Waals surface area contributed by atoms with Crippen molar-refractivity contribution >= 4 is 23.3 Å². The first-order valence-corrected chi connectivity index (χ1v) is 6.07. The van der Waals surface area contributed by atoms with Crippen LogP contribution in [0.1, 0.15) is 30.1 Å². The fourth-order valence-corrected chi connectivity index (χ4v) is 2.48. The number of rotatable bonds is 2. The summed E-state index contributed by atoms with van der Waals surface area (Å²) >= 11 is 0. The van der Waals surface area contributed by atoms with Gasteiger partial charge in [0.25, 0.3) is 5.91 Å². The largest absolute Gasteiger partial charge is 0.480 e. The number of anilines is 2. The number of nitrogens with two attached hydrogens (primary N) is 2. The number of nitrogen functional groups attached to an aromatic ring is 2. The Kier molecular flexibility index (Phi) is 3.09. The normalized spacial score (nSPS) is 22.5. The van der Waals surface area contributed by atoms with Crippen molar-refractivity contribution in [3.05, 3.63) is 23.8 Å². The zero-order valence-corrected chi connectivity index (χ0v) is 10.7. The molecule has 1 saturated heterocycles. The van der Waals surface area contributed by atoms with Crippen molar-refractivity contribution in [2.24, 2.45) is 0 Å². The first-order chi connectivity index (χ1) is 8.88.